The predicted molar refractivity (Wildman–Crippen MR) is 67.0 cm³/mol. The van der Waals surface area contributed by atoms with E-state index in [0.717, 1.165) is 5.69 Å². The van der Waals surface area contributed by atoms with Crippen LogP contribution in [-0.4, -0.2) is 36.9 Å². The number of nitrogens with one attached hydrogen (secondary N) is 1. The van der Waals surface area contributed by atoms with Crippen molar-refractivity contribution in [3.05, 3.63) is 23.8 Å². The largest absolute Gasteiger partial charge is 0.486 e. The molecule has 98 valence electrons. The van der Waals surface area contributed by atoms with Crippen LogP contribution in [0.25, 0.3) is 0 Å². The molecule has 0 saturated carbocycles. The number of hydrogen-bond acceptors (Lipinski definition) is 5. The molecule has 2 unspecified atom stereocenters. The second-order valence-electron chi connectivity index (χ2n) is 4.30. The van der Waals surface area contributed by atoms with Crippen LogP contribution in [0.5, 0.6) is 5.75 Å². The van der Waals surface area contributed by atoms with Gasteiger partial charge in [-0.2, -0.15) is 0 Å². The maximum absolute atomic E-state index is 11.4. The standard InChI is InChI=1S/C13H17NO4/c1-8-11(5-6-15)18-12-7-9(13(16)17-2)3-4-10(12)14-8/h3-4,7-8,11,14-15H,5-6H2,1-2H3. The Balaban J connectivity index is 2.25. The van der Waals surface area contributed by atoms with E-state index in [0.29, 0.717) is 17.7 Å². The van der Waals surface area contributed by atoms with Gasteiger partial charge in [0.25, 0.3) is 0 Å². The van der Waals surface area contributed by atoms with Crippen molar-refractivity contribution >= 4 is 11.7 Å². The minimum absolute atomic E-state index is 0.0721. The van der Waals surface area contributed by atoms with Gasteiger partial charge in [-0.15, -0.1) is 0 Å². The molecular weight excluding hydrogens is 234 g/mol. The minimum atomic E-state index is -0.390. The highest BCUT2D eigenvalue weighted by Gasteiger charge is 2.26. The number of carbonyl (C=O) groups excluding carboxylic acids is 1. The Morgan fingerprint density at radius 1 is 1.56 bits per heavy atom. The lowest BCUT2D eigenvalue weighted by atomic mass is 10.1. The Morgan fingerprint density at radius 2 is 2.33 bits per heavy atom. The summed E-state index contributed by atoms with van der Waals surface area (Å²) < 4.78 is 10.5. The van der Waals surface area contributed by atoms with Crippen molar-refractivity contribution in [3.8, 4) is 5.75 Å². The minimum Gasteiger partial charge on any atom is -0.486 e. The maximum atomic E-state index is 11.4. The molecular formula is C13H17NO4. The van der Waals surface area contributed by atoms with Crippen LogP contribution in [0.3, 0.4) is 0 Å². The first kappa shape index (κ1) is 12.7. The number of hydrogen-bond donors (Lipinski definition) is 2. The number of ether oxygens (including phenoxy) is 2. The van der Waals surface area contributed by atoms with E-state index in [1.165, 1.54) is 7.11 Å². The second-order valence-corrected chi connectivity index (χ2v) is 4.30. The Morgan fingerprint density at radius 3 is 3.00 bits per heavy atom. The Bertz CT molecular complexity index is 447. The van der Waals surface area contributed by atoms with Gasteiger partial charge >= 0.3 is 5.97 Å². The molecule has 0 bridgehead atoms. The quantitative estimate of drug-likeness (QED) is 0.795. The van der Waals surface area contributed by atoms with Crippen LogP contribution >= 0.6 is 0 Å². The Labute approximate surface area is 106 Å². The van der Waals surface area contributed by atoms with Gasteiger partial charge in [0.15, 0.2) is 0 Å². The fraction of sp³-hybridized carbons (Fsp3) is 0.462. The first-order valence-electron chi connectivity index (χ1n) is 5.92. The third kappa shape index (κ3) is 2.41. The van der Waals surface area contributed by atoms with Crippen LogP contribution in [0.4, 0.5) is 5.69 Å². The summed E-state index contributed by atoms with van der Waals surface area (Å²) in [6, 6.07) is 5.27. The van der Waals surface area contributed by atoms with Gasteiger partial charge in [0, 0.05) is 13.0 Å². The van der Waals surface area contributed by atoms with E-state index in [1.807, 2.05) is 6.92 Å². The molecule has 2 rings (SSSR count). The first-order chi connectivity index (χ1) is 8.65. The van der Waals surface area contributed by atoms with Gasteiger partial charge in [-0.25, -0.2) is 4.79 Å². The van der Waals surface area contributed by atoms with Gasteiger partial charge in [-0.1, -0.05) is 0 Å². The summed E-state index contributed by atoms with van der Waals surface area (Å²) in [6.45, 7) is 2.07. The van der Waals surface area contributed by atoms with Gasteiger partial charge < -0.3 is 19.9 Å². The molecule has 5 nitrogen and oxygen atoms in total. The molecule has 0 saturated heterocycles. The van der Waals surface area contributed by atoms with E-state index in [9.17, 15) is 4.79 Å². The summed E-state index contributed by atoms with van der Waals surface area (Å²) in [5.74, 6) is 0.230. The highest BCUT2D eigenvalue weighted by Crippen LogP contribution is 2.33. The van der Waals surface area contributed by atoms with Crippen molar-refractivity contribution in [1.29, 1.82) is 0 Å². The van der Waals surface area contributed by atoms with Gasteiger partial charge in [0.05, 0.1) is 24.4 Å². The van der Waals surface area contributed by atoms with Crippen molar-refractivity contribution in [1.82, 2.24) is 0 Å². The molecule has 5 heteroatoms. The lowest BCUT2D eigenvalue weighted by Gasteiger charge is -2.33. The molecule has 1 aromatic rings. The number of rotatable bonds is 3. The van der Waals surface area contributed by atoms with Crippen LogP contribution in [0, 0.1) is 0 Å². The molecule has 0 aliphatic carbocycles. The van der Waals surface area contributed by atoms with Crippen LogP contribution in [0.15, 0.2) is 18.2 Å². The number of fused-ring (bicyclic) bond motifs is 1. The molecule has 0 aromatic heterocycles. The van der Waals surface area contributed by atoms with Gasteiger partial charge in [0.1, 0.15) is 11.9 Å². The van der Waals surface area contributed by atoms with E-state index in [4.69, 9.17) is 9.84 Å². The molecule has 0 radical (unpaired) electrons. The van der Waals surface area contributed by atoms with Gasteiger partial charge in [0.2, 0.25) is 0 Å². The van der Waals surface area contributed by atoms with Crippen molar-refractivity contribution in [3.63, 3.8) is 0 Å². The lowest BCUT2D eigenvalue weighted by Crippen LogP contribution is -2.39. The van der Waals surface area contributed by atoms with Crippen LogP contribution in [-0.2, 0) is 4.74 Å². The fourth-order valence-corrected chi connectivity index (χ4v) is 2.02. The zero-order valence-corrected chi connectivity index (χ0v) is 10.5. The van der Waals surface area contributed by atoms with E-state index in [-0.39, 0.29) is 18.8 Å². The molecule has 1 aromatic carbocycles. The number of carbonyl (C=O) groups is 1. The molecule has 2 N–H and O–H groups in total. The first-order valence-corrected chi connectivity index (χ1v) is 5.92. The second kappa shape index (κ2) is 5.27. The number of anilines is 1. The van der Waals surface area contributed by atoms with Crippen molar-refractivity contribution in [2.75, 3.05) is 19.0 Å². The molecule has 0 amide bonds. The average Bonchev–Trinajstić information content (AvgIpc) is 2.38. The Hall–Kier alpha value is -1.75. The molecule has 0 spiro atoms. The predicted octanol–water partition coefficient (Wildman–Crippen LogP) is 1.42. The molecule has 2 atom stereocenters. The van der Waals surface area contributed by atoms with E-state index >= 15 is 0 Å². The van der Waals surface area contributed by atoms with E-state index < -0.39 is 5.97 Å². The zero-order valence-electron chi connectivity index (χ0n) is 10.5. The summed E-state index contributed by atoms with van der Waals surface area (Å²) in [4.78, 5) is 11.4. The van der Waals surface area contributed by atoms with Crippen molar-refractivity contribution < 1.29 is 19.4 Å². The number of aliphatic hydroxyl groups is 1. The third-order valence-corrected chi connectivity index (χ3v) is 3.04. The SMILES string of the molecule is COC(=O)c1ccc2c(c1)OC(CCO)C(C)N2. The highest BCUT2D eigenvalue weighted by atomic mass is 16.5. The number of esters is 1. The van der Waals surface area contributed by atoms with Crippen LogP contribution in [0.2, 0.25) is 0 Å². The third-order valence-electron chi connectivity index (χ3n) is 3.04. The summed E-state index contributed by atoms with van der Waals surface area (Å²) in [6.07, 6.45) is 0.450. The normalized spacial score (nSPS) is 21.5. The fourth-order valence-electron chi connectivity index (χ4n) is 2.02. The molecule has 18 heavy (non-hydrogen) atoms. The number of aliphatic hydroxyl groups excluding tert-OH is 1. The van der Waals surface area contributed by atoms with Crippen molar-refractivity contribution in [2.24, 2.45) is 0 Å². The topological polar surface area (TPSA) is 67.8 Å². The van der Waals surface area contributed by atoms with Gasteiger partial charge in [-0.05, 0) is 25.1 Å². The van der Waals surface area contributed by atoms with Crippen molar-refractivity contribution in [2.45, 2.75) is 25.5 Å². The molecule has 0 fully saturated rings. The molecule has 1 aliphatic heterocycles. The van der Waals surface area contributed by atoms with Crippen LogP contribution < -0.4 is 10.1 Å². The zero-order chi connectivity index (χ0) is 13.1. The average molecular weight is 251 g/mol. The summed E-state index contributed by atoms with van der Waals surface area (Å²) >= 11 is 0. The summed E-state index contributed by atoms with van der Waals surface area (Å²) in [5, 5.41) is 12.3. The van der Waals surface area contributed by atoms with Gasteiger partial charge in [-0.3, -0.25) is 0 Å². The van der Waals surface area contributed by atoms with Crippen LogP contribution in [0.1, 0.15) is 23.7 Å². The number of methoxy groups -OCH3 is 1. The van der Waals surface area contributed by atoms with E-state index in [2.05, 4.69) is 10.1 Å². The summed E-state index contributed by atoms with van der Waals surface area (Å²) in [7, 11) is 1.34. The van der Waals surface area contributed by atoms with E-state index in [1.54, 1.807) is 18.2 Å². The number of benzene rings is 1. The smallest absolute Gasteiger partial charge is 0.337 e. The maximum Gasteiger partial charge on any atom is 0.337 e. The molecule has 1 aliphatic rings. The highest BCUT2D eigenvalue weighted by molar-refractivity contribution is 5.90. The Kier molecular flexibility index (Phi) is 3.72. The monoisotopic (exact) mass is 251 g/mol. The molecule has 1 heterocycles. The summed E-state index contributed by atoms with van der Waals surface area (Å²) in [5.41, 5.74) is 1.31. The lowest BCUT2D eigenvalue weighted by molar-refractivity contribution is 0.0599.